The molecule has 120 valence electrons. The smallest absolute Gasteiger partial charge is 0.269 e. The van der Waals surface area contributed by atoms with Gasteiger partial charge >= 0.3 is 0 Å². The van der Waals surface area contributed by atoms with Crippen molar-refractivity contribution in [3.8, 4) is 0 Å². The Bertz CT molecular complexity index is 527. The molecule has 1 N–H and O–H groups in total. The van der Waals surface area contributed by atoms with E-state index in [-0.39, 0.29) is 24.1 Å². The number of hydrogen-bond acceptors (Lipinski definition) is 4. The lowest BCUT2D eigenvalue weighted by atomic mass is 9.93. The topological polar surface area (TPSA) is 81.5 Å². The third-order valence-corrected chi connectivity index (χ3v) is 3.99. The number of nitrogens with zero attached hydrogens (tertiary/aromatic N) is 1. The molecule has 22 heavy (non-hydrogen) atoms. The maximum absolute atomic E-state index is 12.0. The number of benzene rings is 1. The zero-order chi connectivity index (χ0) is 16.1. The molecule has 6 nitrogen and oxygen atoms in total. The van der Waals surface area contributed by atoms with Gasteiger partial charge in [0.05, 0.1) is 17.4 Å². The summed E-state index contributed by atoms with van der Waals surface area (Å²) in [5.74, 6) is 0.739. The molecule has 6 heteroatoms. The Morgan fingerprint density at radius 3 is 2.68 bits per heavy atom. The van der Waals surface area contributed by atoms with Crippen molar-refractivity contribution in [2.75, 3.05) is 13.2 Å². The molecule has 0 saturated carbocycles. The van der Waals surface area contributed by atoms with Crippen LogP contribution < -0.4 is 5.32 Å². The fourth-order valence-electron chi connectivity index (χ4n) is 2.84. The number of rotatable bonds is 6. The molecule has 1 heterocycles. The van der Waals surface area contributed by atoms with Gasteiger partial charge in [-0.2, -0.15) is 0 Å². The van der Waals surface area contributed by atoms with Gasteiger partial charge < -0.3 is 10.1 Å². The minimum atomic E-state index is -0.448. The van der Waals surface area contributed by atoms with Crippen LogP contribution in [0.25, 0.3) is 0 Å². The van der Waals surface area contributed by atoms with Crippen molar-refractivity contribution in [2.24, 2.45) is 11.8 Å². The van der Waals surface area contributed by atoms with Crippen LogP contribution in [0.4, 0.5) is 5.69 Å². The zero-order valence-corrected chi connectivity index (χ0v) is 13.0. The van der Waals surface area contributed by atoms with Gasteiger partial charge in [-0.3, -0.25) is 14.9 Å². The Kier molecular flexibility index (Phi) is 5.49. The molecule has 1 aromatic carbocycles. The quantitative estimate of drug-likeness (QED) is 0.646. The summed E-state index contributed by atoms with van der Waals surface area (Å²) in [5.41, 5.74) is 0.804. The minimum Gasteiger partial charge on any atom is -0.378 e. The van der Waals surface area contributed by atoms with Gasteiger partial charge in [0.15, 0.2) is 0 Å². The molecule has 2 atom stereocenters. The van der Waals surface area contributed by atoms with Gasteiger partial charge in [0.1, 0.15) is 0 Å². The first-order valence-corrected chi connectivity index (χ1v) is 7.59. The number of nitro groups is 1. The van der Waals surface area contributed by atoms with E-state index >= 15 is 0 Å². The van der Waals surface area contributed by atoms with E-state index in [2.05, 4.69) is 19.2 Å². The van der Waals surface area contributed by atoms with E-state index in [0.717, 1.165) is 18.6 Å². The monoisotopic (exact) mass is 306 g/mol. The molecule has 1 amide bonds. The van der Waals surface area contributed by atoms with E-state index in [1.165, 1.54) is 12.1 Å². The predicted molar refractivity (Wildman–Crippen MR) is 82.5 cm³/mol. The van der Waals surface area contributed by atoms with Crippen molar-refractivity contribution in [2.45, 2.75) is 32.8 Å². The second-order valence-electron chi connectivity index (χ2n) is 6.03. The number of nitrogens with one attached hydrogen (secondary N) is 1. The standard InChI is InChI=1S/C16H22N2O4/c1-11(2)16-13(7-8-22-16)10-17-15(19)9-12-3-5-14(6-4-12)18(20)21/h3-6,11,13,16H,7-10H2,1-2H3,(H,17,19)/t13-,16-/m0/s1. The Morgan fingerprint density at radius 2 is 2.09 bits per heavy atom. The molecule has 1 aromatic rings. The summed E-state index contributed by atoms with van der Waals surface area (Å²) in [7, 11) is 0. The third kappa shape index (κ3) is 4.27. The highest BCUT2D eigenvalue weighted by Gasteiger charge is 2.30. The number of carbonyl (C=O) groups excluding carboxylic acids is 1. The number of nitro benzene ring substituents is 1. The van der Waals surface area contributed by atoms with Gasteiger partial charge in [0.2, 0.25) is 5.91 Å². The van der Waals surface area contributed by atoms with Crippen LogP contribution in [0.1, 0.15) is 25.8 Å². The third-order valence-electron chi connectivity index (χ3n) is 3.99. The minimum absolute atomic E-state index is 0.0343. The number of non-ortho nitro benzene ring substituents is 1. The van der Waals surface area contributed by atoms with E-state index in [9.17, 15) is 14.9 Å². The van der Waals surface area contributed by atoms with Crippen molar-refractivity contribution in [3.05, 3.63) is 39.9 Å². The van der Waals surface area contributed by atoms with Gasteiger partial charge in [0.25, 0.3) is 5.69 Å². The normalized spacial score (nSPS) is 21.0. The molecular weight excluding hydrogens is 284 g/mol. The van der Waals surface area contributed by atoms with Crippen LogP contribution in [-0.2, 0) is 16.0 Å². The van der Waals surface area contributed by atoms with Crippen LogP contribution in [0.5, 0.6) is 0 Å². The van der Waals surface area contributed by atoms with E-state index in [4.69, 9.17) is 4.74 Å². The van der Waals surface area contributed by atoms with Crippen LogP contribution in [0.2, 0.25) is 0 Å². The Morgan fingerprint density at radius 1 is 1.41 bits per heavy atom. The van der Waals surface area contributed by atoms with E-state index in [1.807, 2.05) is 0 Å². The Hall–Kier alpha value is -1.95. The van der Waals surface area contributed by atoms with Gasteiger partial charge in [-0.05, 0) is 17.9 Å². The zero-order valence-electron chi connectivity index (χ0n) is 13.0. The fourth-order valence-corrected chi connectivity index (χ4v) is 2.84. The molecule has 0 radical (unpaired) electrons. The molecule has 1 fully saturated rings. The first kappa shape index (κ1) is 16.4. The molecule has 0 aromatic heterocycles. The summed E-state index contributed by atoms with van der Waals surface area (Å²) in [4.78, 5) is 22.1. The average Bonchev–Trinajstić information content (AvgIpc) is 2.94. The summed E-state index contributed by atoms with van der Waals surface area (Å²) in [6, 6.07) is 6.07. The van der Waals surface area contributed by atoms with Crippen LogP contribution >= 0.6 is 0 Å². The number of amides is 1. The van der Waals surface area contributed by atoms with Gasteiger partial charge in [-0.15, -0.1) is 0 Å². The van der Waals surface area contributed by atoms with Gasteiger partial charge in [-0.1, -0.05) is 26.0 Å². The lowest BCUT2D eigenvalue weighted by Crippen LogP contribution is -2.35. The molecule has 2 rings (SSSR count). The van der Waals surface area contributed by atoms with Crippen molar-refractivity contribution in [3.63, 3.8) is 0 Å². The maximum Gasteiger partial charge on any atom is 0.269 e. The summed E-state index contributed by atoms with van der Waals surface area (Å²) >= 11 is 0. The summed E-state index contributed by atoms with van der Waals surface area (Å²) in [5, 5.41) is 13.5. The molecule has 0 spiro atoms. The van der Waals surface area contributed by atoms with Crippen LogP contribution in [0.15, 0.2) is 24.3 Å². The maximum atomic E-state index is 12.0. The highest BCUT2D eigenvalue weighted by atomic mass is 16.6. The molecular formula is C16H22N2O4. The van der Waals surface area contributed by atoms with E-state index in [1.54, 1.807) is 12.1 Å². The van der Waals surface area contributed by atoms with E-state index in [0.29, 0.717) is 18.4 Å². The van der Waals surface area contributed by atoms with Crippen molar-refractivity contribution < 1.29 is 14.5 Å². The Balaban J connectivity index is 1.81. The first-order valence-electron chi connectivity index (χ1n) is 7.59. The molecule has 1 aliphatic heterocycles. The van der Waals surface area contributed by atoms with E-state index < -0.39 is 4.92 Å². The summed E-state index contributed by atoms with van der Waals surface area (Å²) in [6.45, 7) is 5.63. The molecule has 1 saturated heterocycles. The molecule has 0 bridgehead atoms. The second kappa shape index (κ2) is 7.35. The number of hydrogen-bond donors (Lipinski definition) is 1. The van der Waals surface area contributed by atoms with Crippen molar-refractivity contribution >= 4 is 11.6 Å². The van der Waals surface area contributed by atoms with Crippen molar-refractivity contribution in [1.82, 2.24) is 5.32 Å². The molecule has 1 aliphatic rings. The van der Waals surface area contributed by atoms with Gasteiger partial charge in [0, 0.05) is 31.2 Å². The van der Waals surface area contributed by atoms with Gasteiger partial charge in [-0.25, -0.2) is 0 Å². The van der Waals surface area contributed by atoms with Crippen LogP contribution in [0.3, 0.4) is 0 Å². The average molecular weight is 306 g/mol. The van der Waals surface area contributed by atoms with Crippen molar-refractivity contribution in [1.29, 1.82) is 0 Å². The summed E-state index contributed by atoms with van der Waals surface area (Å²) in [6.07, 6.45) is 1.41. The largest absolute Gasteiger partial charge is 0.378 e. The molecule has 0 aliphatic carbocycles. The van der Waals surface area contributed by atoms with Crippen LogP contribution in [-0.4, -0.2) is 30.1 Å². The second-order valence-corrected chi connectivity index (χ2v) is 6.03. The van der Waals surface area contributed by atoms with Crippen LogP contribution in [0, 0.1) is 22.0 Å². The first-order chi connectivity index (χ1) is 10.5. The fraction of sp³-hybridized carbons (Fsp3) is 0.562. The SMILES string of the molecule is CC(C)[C@@H]1OCC[C@H]1CNC(=O)Cc1ccc([N+](=O)[O-])cc1. The lowest BCUT2D eigenvalue weighted by molar-refractivity contribution is -0.384. The lowest BCUT2D eigenvalue weighted by Gasteiger charge is -2.22. The Labute approximate surface area is 130 Å². The molecule has 0 unspecified atom stereocenters. The summed E-state index contributed by atoms with van der Waals surface area (Å²) < 4.78 is 5.70. The highest BCUT2D eigenvalue weighted by Crippen LogP contribution is 2.26. The predicted octanol–water partition coefficient (Wildman–Crippen LogP) is 2.31. The highest BCUT2D eigenvalue weighted by molar-refractivity contribution is 5.78. The number of ether oxygens (including phenoxy) is 1. The number of carbonyl (C=O) groups is 1.